The third-order valence-electron chi connectivity index (χ3n) is 3.31. The summed E-state index contributed by atoms with van der Waals surface area (Å²) in [6.45, 7) is -0.460. The number of aromatic nitrogens is 3. The summed E-state index contributed by atoms with van der Waals surface area (Å²) in [5.74, 6) is -1.67. The maximum absolute atomic E-state index is 11.9. The molecule has 0 radical (unpaired) electrons. The van der Waals surface area contributed by atoms with Crippen molar-refractivity contribution in [2.24, 2.45) is 7.05 Å². The first-order chi connectivity index (χ1) is 12.5. The van der Waals surface area contributed by atoms with Crippen molar-refractivity contribution in [3.8, 4) is 0 Å². The van der Waals surface area contributed by atoms with E-state index in [0.717, 1.165) is 0 Å². The molecule has 1 N–H and O–H groups in total. The van der Waals surface area contributed by atoms with Crippen molar-refractivity contribution >= 4 is 44.5 Å². The van der Waals surface area contributed by atoms with Gasteiger partial charge in [-0.2, -0.15) is 5.10 Å². The zero-order valence-corrected chi connectivity index (χ0v) is 14.7. The standard InChI is InChI=1S/C16H14N4O5S/c1-20-6-5-11(19-20)15(23)25-8-13(21)18-16-17-10-4-3-9(14(22)24-2)7-12(10)26-16/h3-7H,8H2,1-2H3,(H,17,18,21). The third kappa shape index (κ3) is 3.86. The number of esters is 2. The minimum atomic E-state index is -0.687. The number of rotatable bonds is 5. The van der Waals surface area contributed by atoms with Crippen molar-refractivity contribution in [2.75, 3.05) is 19.0 Å². The van der Waals surface area contributed by atoms with Crippen molar-refractivity contribution in [3.05, 3.63) is 41.7 Å². The Morgan fingerprint density at radius 3 is 2.73 bits per heavy atom. The first kappa shape index (κ1) is 17.5. The van der Waals surface area contributed by atoms with E-state index in [1.807, 2.05) is 0 Å². The molecule has 2 aromatic heterocycles. The number of hydrogen-bond acceptors (Lipinski definition) is 8. The molecule has 0 fully saturated rings. The number of carbonyl (C=O) groups excluding carboxylic acids is 3. The SMILES string of the molecule is COC(=O)c1ccc2nc(NC(=O)COC(=O)c3ccn(C)n3)sc2c1. The average Bonchev–Trinajstić information content (AvgIpc) is 3.23. The number of methoxy groups -OCH3 is 1. The molecule has 0 atom stereocenters. The van der Waals surface area contributed by atoms with Crippen LogP contribution in [0.1, 0.15) is 20.8 Å². The molecule has 0 aliphatic heterocycles. The van der Waals surface area contributed by atoms with Gasteiger partial charge in [-0.15, -0.1) is 0 Å². The number of benzene rings is 1. The van der Waals surface area contributed by atoms with Gasteiger partial charge >= 0.3 is 11.9 Å². The van der Waals surface area contributed by atoms with E-state index in [1.54, 1.807) is 31.4 Å². The Morgan fingerprint density at radius 1 is 1.23 bits per heavy atom. The van der Waals surface area contributed by atoms with Gasteiger partial charge in [-0.25, -0.2) is 14.6 Å². The van der Waals surface area contributed by atoms with Crippen LogP contribution in [0, 0.1) is 0 Å². The predicted molar refractivity (Wildman–Crippen MR) is 93.1 cm³/mol. The molecule has 0 saturated carbocycles. The lowest BCUT2D eigenvalue weighted by Crippen LogP contribution is -2.21. The van der Waals surface area contributed by atoms with E-state index in [2.05, 4.69) is 20.1 Å². The highest BCUT2D eigenvalue weighted by Gasteiger charge is 2.15. The second-order valence-electron chi connectivity index (χ2n) is 5.19. The zero-order valence-electron chi connectivity index (χ0n) is 13.9. The molecule has 134 valence electrons. The molecule has 0 spiro atoms. The number of anilines is 1. The summed E-state index contributed by atoms with van der Waals surface area (Å²) in [6.07, 6.45) is 1.60. The lowest BCUT2D eigenvalue weighted by atomic mass is 10.2. The number of aryl methyl sites for hydroxylation is 1. The van der Waals surface area contributed by atoms with E-state index in [4.69, 9.17) is 4.74 Å². The van der Waals surface area contributed by atoms with E-state index in [-0.39, 0.29) is 5.69 Å². The minimum Gasteiger partial charge on any atom is -0.465 e. The van der Waals surface area contributed by atoms with Crippen LogP contribution in [-0.4, -0.2) is 46.3 Å². The van der Waals surface area contributed by atoms with Gasteiger partial charge in [-0.05, 0) is 24.3 Å². The molecule has 26 heavy (non-hydrogen) atoms. The van der Waals surface area contributed by atoms with Gasteiger partial charge in [0.15, 0.2) is 17.4 Å². The van der Waals surface area contributed by atoms with Gasteiger partial charge in [-0.1, -0.05) is 11.3 Å². The smallest absolute Gasteiger partial charge is 0.359 e. The molecule has 0 aliphatic carbocycles. The van der Waals surface area contributed by atoms with Crippen molar-refractivity contribution < 1.29 is 23.9 Å². The second-order valence-corrected chi connectivity index (χ2v) is 6.22. The maximum Gasteiger partial charge on any atom is 0.359 e. The first-order valence-electron chi connectivity index (χ1n) is 7.42. The molecule has 0 unspecified atom stereocenters. The predicted octanol–water partition coefficient (Wildman–Crippen LogP) is 1.61. The molecule has 0 bridgehead atoms. The fourth-order valence-electron chi connectivity index (χ4n) is 2.11. The van der Waals surface area contributed by atoms with Gasteiger partial charge in [0, 0.05) is 13.2 Å². The van der Waals surface area contributed by atoms with Crippen LogP contribution in [-0.2, 0) is 21.3 Å². The van der Waals surface area contributed by atoms with Gasteiger partial charge in [-0.3, -0.25) is 14.8 Å². The molecule has 0 aliphatic rings. The van der Waals surface area contributed by atoms with Crippen LogP contribution in [0.3, 0.4) is 0 Å². The van der Waals surface area contributed by atoms with Gasteiger partial charge in [0.1, 0.15) is 0 Å². The highest BCUT2D eigenvalue weighted by Crippen LogP contribution is 2.27. The normalized spacial score (nSPS) is 10.5. The van der Waals surface area contributed by atoms with E-state index >= 15 is 0 Å². The van der Waals surface area contributed by atoms with Crippen LogP contribution in [0.25, 0.3) is 10.2 Å². The topological polar surface area (TPSA) is 112 Å². The Hall–Kier alpha value is -3.27. The molecule has 9 nitrogen and oxygen atoms in total. The summed E-state index contributed by atoms with van der Waals surface area (Å²) >= 11 is 1.19. The van der Waals surface area contributed by atoms with Crippen LogP contribution in [0.5, 0.6) is 0 Å². The number of thiazole rings is 1. The van der Waals surface area contributed by atoms with E-state index in [1.165, 1.54) is 29.2 Å². The van der Waals surface area contributed by atoms with Crippen molar-refractivity contribution in [1.82, 2.24) is 14.8 Å². The molecule has 10 heteroatoms. The minimum absolute atomic E-state index is 0.121. The highest BCUT2D eigenvalue weighted by atomic mass is 32.1. The molecule has 1 aromatic carbocycles. The molecular weight excluding hydrogens is 360 g/mol. The number of nitrogens with zero attached hydrogens (tertiary/aromatic N) is 3. The van der Waals surface area contributed by atoms with E-state index < -0.39 is 24.5 Å². The molecule has 0 saturated heterocycles. The number of fused-ring (bicyclic) bond motifs is 1. The Balaban J connectivity index is 1.62. The second kappa shape index (κ2) is 7.31. The quantitative estimate of drug-likeness (QED) is 0.675. The Labute approximate surface area is 151 Å². The average molecular weight is 374 g/mol. The Morgan fingerprint density at radius 2 is 2.04 bits per heavy atom. The van der Waals surface area contributed by atoms with Crippen LogP contribution in [0.2, 0.25) is 0 Å². The third-order valence-corrected chi connectivity index (χ3v) is 4.25. The summed E-state index contributed by atoms with van der Waals surface area (Å²) in [7, 11) is 2.97. The monoisotopic (exact) mass is 374 g/mol. The van der Waals surface area contributed by atoms with Gasteiger partial charge < -0.3 is 9.47 Å². The fraction of sp³-hybridized carbons (Fsp3) is 0.188. The van der Waals surface area contributed by atoms with Gasteiger partial charge in [0.05, 0.1) is 22.9 Å². The van der Waals surface area contributed by atoms with Crippen molar-refractivity contribution in [2.45, 2.75) is 0 Å². The number of ether oxygens (including phenoxy) is 2. The summed E-state index contributed by atoms with van der Waals surface area (Å²) in [5, 5.41) is 6.78. The molecule has 1 amide bonds. The summed E-state index contributed by atoms with van der Waals surface area (Å²) in [5.41, 5.74) is 1.14. The van der Waals surface area contributed by atoms with Gasteiger partial charge in [0.2, 0.25) is 0 Å². The number of hydrogen-bond donors (Lipinski definition) is 1. The van der Waals surface area contributed by atoms with Crippen LogP contribution in [0.15, 0.2) is 30.5 Å². The number of nitrogens with one attached hydrogen (secondary N) is 1. The summed E-state index contributed by atoms with van der Waals surface area (Å²) in [6, 6.07) is 6.38. The number of carbonyl (C=O) groups is 3. The Bertz CT molecular complexity index is 994. The fourth-order valence-corrected chi connectivity index (χ4v) is 3.03. The molecule has 3 rings (SSSR count). The van der Waals surface area contributed by atoms with Crippen molar-refractivity contribution in [3.63, 3.8) is 0 Å². The van der Waals surface area contributed by atoms with Crippen molar-refractivity contribution in [1.29, 1.82) is 0 Å². The highest BCUT2D eigenvalue weighted by molar-refractivity contribution is 7.22. The lowest BCUT2D eigenvalue weighted by Gasteiger charge is -2.02. The zero-order chi connectivity index (χ0) is 18.7. The first-order valence-corrected chi connectivity index (χ1v) is 8.23. The van der Waals surface area contributed by atoms with E-state index in [9.17, 15) is 14.4 Å². The molecular formula is C16H14N4O5S. The van der Waals surface area contributed by atoms with Crippen LogP contribution < -0.4 is 5.32 Å². The van der Waals surface area contributed by atoms with Gasteiger partial charge in [0.25, 0.3) is 5.91 Å². The van der Waals surface area contributed by atoms with Crippen LogP contribution >= 0.6 is 11.3 Å². The van der Waals surface area contributed by atoms with Crippen LogP contribution in [0.4, 0.5) is 5.13 Å². The maximum atomic E-state index is 11.9. The lowest BCUT2D eigenvalue weighted by molar-refractivity contribution is -0.119. The summed E-state index contributed by atoms with van der Waals surface area (Å²) in [4.78, 5) is 39.5. The number of amides is 1. The molecule has 3 aromatic rings. The Kier molecular flexibility index (Phi) is 4.94. The summed E-state index contributed by atoms with van der Waals surface area (Å²) < 4.78 is 11.7. The molecule has 2 heterocycles. The largest absolute Gasteiger partial charge is 0.465 e. The van der Waals surface area contributed by atoms with E-state index in [0.29, 0.717) is 20.9 Å².